The number of nitrogens with one attached hydrogen (secondary N) is 2. The predicted molar refractivity (Wildman–Crippen MR) is 127 cm³/mol. The van der Waals surface area contributed by atoms with Crippen LogP contribution in [0.1, 0.15) is 0 Å². The number of hydrogen-bond acceptors (Lipinski definition) is 6. The van der Waals surface area contributed by atoms with E-state index in [0.717, 1.165) is 49.1 Å². The molecular formula is C24H16F16N4O4. The van der Waals surface area contributed by atoms with Gasteiger partial charge in [0.2, 0.25) is 0 Å². The Morgan fingerprint density at radius 1 is 0.521 bits per heavy atom. The van der Waals surface area contributed by atoms with E-state index in [0.29, 0.717) is 24.3 Å². The number of nitrogens with zero attached hydrogens (tertiary/aromatic N) is 2. The van der Waals surface area contributed by atoms with E-state index in [1.54, 1.807) is 0 Å². The van der Waals surface area contributed by atoms with Gasteiger partial charge in [-0.3, -0.25) is 9.59 Å². The average molecular weight is 728 g/mol. The molecular weight excluding hydrogens is 712 g/mol. The summed E-state index contributed by atoms with van der Waals surface area (Å²) >= 11 is 0. The van der Waals surface area contributed by atoms with E-state index >= 15 is 43.9 Å². The summed E-state index contributed by atoms with van der Waals surface area (Å²) < 4.78 is 245. The van der Waals surface area contributed by atoms with E-state index in [4.69, 9.17) is 0 Å². The summed E-state index contributed by atoms with van der Waals surface area (Å²) in [5.41, 5.74) is -2.21. The van der Waals surface area contributed by atoms with Crippen LogP contribution in [-0.4, -0.2) is 84.0 Å². The van der Waals surface area contributed by atoms with Crippen molar-refractivity contribution in [2.24, 2.45) is 0 Å². The van der Waals surface area contributed by atoms with Gasteiger partial charge in [0.05, 0.1) is 14.2 Å². The number of hydrogen-bond donors (Lipinski definition) is 2. The first-order valence-corrected chi connectivity index (χ1v) is 12.1. The molecule has 268 valence electrons. The molecule has 0 bridgehead atoms. The standard InChI is InChI=1S/C24H16F16N4O4/c1-47-13-7-3-11(4-8-13)41-15(45)17(25,19(27,28)29)43-21(33,34)23(37,38)44(24(39,40)22(43,35)36)18(26,20(30,31)32)16(46)42-12-5-9-14(48-2)10-6-12/h3-10H,1-2H3,(H,41,45)(H,42,46)/t17-,18-/m0/s1. The third-order valence-electron chi connectivity index (χ3n) is 6.51. The molecule has 0 saturated carbocycles. The normalized spacial score (nSPS) is 21.7. The Labute approximate surface area is 256 Å². The van der Waals surface area contributed by atoms with Crippen LogP contribution in [0.4, 0.5) is 81.6 Å². The third kappa shape index (κ3) is 5.56. The molecule has 48 heavy (non-hydrogen) atoms. The molecule has 0 unspecified atom stereocenters. The van der Waals surface area contributed by atoms with Crippen LogP contribution in [0.2, 0.25) is 0 Å². The zero-order valence-electron chi connectivity index (χ0n) is 23.2. The maximum atomic E-state index is 15.6. The second kappa shape index (κ2) is 11.7. The zero-order valence-corrected chi connectivity index (χ0v) is 23.2. The molecule has 2 atom stereocenters. The van der Waals surface area contributed by atoms with Crippen molar-refractivity contribution >= 4 is 23.2 Å². The van der Waals surface area contributed by atoms with Crippen LogP contribution in [0.25, 0.3) is 0 Å². The highest BCUT2D eigenvalue weighted by molar-refractivity contribution is 5.98. The fourth-order valence-electron chi connectivity index (χ4n) is 4.16. The Balaban J connectivity index is 2.27. The first-order valence-electron chi connectivity index (χ1n) is 12.1. The lowest BCUT2D eigenvalue weighted by Gasteiger charge is -2.57. The van der Waals surface area contributed by atoms with Crippen LogP contribution in [-0.2, 0) is 9.59 Å². The van der Waals surface area contributed by atoms with Crippen molar-refractivity contribution in [1.29, 1.82) is 0 Å². The number of carbonyl (C=O) groups is 2. The van der Waals surface area contributed by atoms with Crippen molar-refractivity contribution in [2.45, 2.75) is 48.1 Å². The minimum atomic E-state index is -8.04. The van der Waals surface area contributed by atoms with Gasteiger partial charge in [0.1, 0.15) is 11.5 Å². The van der Waals surface area contributed by atoms with Crippen molar-refractivity contribution < 1.29 is 89.3 Å². The topological polar surface area (TPSA) is 83.1 Å². The summed E-state index contributed by atoms with van der Waals surface area (Å²) in [4.78, 5) is 16.6. The minimum Gasteiger partial charge on any atom is -0.497 e. The molecule has 8 nitrogen and oxygen atoms in total. The maximum absolute atomic E-state index is 15.6. The number of benzene rings is 2. The molecule has 0 radical (unpaired) electrons. The largest absolute Gasteiger partial charge is 0.497 e. The number of methoxy groups -OCH3 is 2. The quantitative estimate of drug-likeness (QED) is 0.232. The molecule has 2 aromatic rings. The van der Waals surface area contributed by atoms with Crippen molar-refractivity contribution in [2.75, 3.05) is 24.9 Å². The zero-order chi connectivity index (χ0) is 37.1. The molecule has 1 fully saturated rings. The maximum Gasteiger partial charge on any atom is 0.446 e. The molecule has 2 aromatic carbocycles. The van der Waals surface area contributed by atoms with Gasteiger partial charge in [-0.15, -0.1) is 9.80 Å². The average Bonchev–Trinajstić information content (AvgIpc) is 2.95. The fourth-order valence-corrected chi connectivity index (χ4v) is 4.16. The summed E-state index contributed by atoms with van der Waals surface area (Å²) in [7, 11) is 2.03. The number of piperazine rings is 1. The van der Waals surface area contributed by atoms with E-state index in [2.05, 4.69) is 9.47 Å². The van der Waals surface area contributed by atoms with Crippen molar-refractivity contribution in [3.8, 4) is 11.5 Å². The molecule has 0 aromatic heterocycles. The summed E-state index contributed by atoms with van der Waals surface area (Å²) in [6.07, 6.45) is -15.2. The summed E-state index contributed by atoms with van der Waals surface area (Å²) in [5.74, 6) is -22.7. The van der Waals surface area contributed by atoms with Crippen LogP contribution in [0, 0.1) is 0 Å². The summed E-state index contributed by atoms with van der Waals surface area (Å²) in [6, 6.07) is -27.1. The molecule has 1 aliphatic rings. The molecule has 3 rings (SSSR count). The van der Waals surface area contributed by atoms with E-state index in [1.165, 1.54) is 0 Å². The number of anilines is 2. The number of halogens is 16. The Morgan fingerprint density at radius 2 is 0.750 bits per heavy atom. The van der Waals surface area contributed by atoms with Crippen molar-refractivity contribution in [3.05, 3.63) is 48.5 Å². The van der Waals surface area contributed by atoms with Gasteiger partial charge in [0, 0.05) is 11.4 Å². The van der Waals surface area contributed by atoms with E-state index in [1.807, 2.05) is 0 Å². The molecule has 2 N–H and O–H groups in total. The van der Waals surface area contributed by atoms with E-state index in [-0.39, 0.29) is 11.5 Å². The summed E-state index contributed by atoms with van der Waals surface area (Å²) in [5, 5.41) is 1.52. The van der Waals surface area contributed by atoms with Crippen LogP contribution < -0.4 is 20.1 Å². The second-order valence-corrected chi connectivity index (χ2v) is 9.44. The molecule has 0 spiro atoms. The first kappa shape index (κ1) is 38.2. The molecule has 1 heterocycles. The van der Waals surface area contributed by atoms with Crippen LogP contribution in [0.15, 0.2) is 48.5 Å². The van der Waals surface area contributed by atoms with E-state index in [9.17, 15) is 35.9 Å². The monoisotopic (exact) mass is 728 g/mol. The number of amides is 2. The number of rotatable bonds is 8. The number of carbonyl (C=O) groups excluding carboxylic acids is 2. The molecule has 1 saturated heterocycles. The van der Waals surface area contributed by atoms with Gasteiger partial charge in [0.15, 0.2) is 0 Å². The first-order chi connectivity index (χ1) is 21.6. The lowest BCUT2D eigenvalue weighted by atomic mass is 10.0. The lowest BCUT2D eigenvalue weighted by Crippen LogP contribution is -2.90. The fraction of sp³-hybridized carbons (Fsp3) is 0.417. The van der Waals surface area contributed by atoms with E-state index < -0.39 is 81.1 Å². The SMILES string of the molecule is COc1ccc(NC(=O)[C@](F)(N2C(F)(F)C(F)(F)N([C@@](F)(C(=O)Nc3ccc(OC)cc3)C(F)(F)F)C(F)(F)C2(F)F)C(F)(F)F)cc1. The van der Waals surface area contributed by atoms with Crippen molar-refractivity contribution in [3.63, 3.8) is 0 Å². The van der Waals surface area contributed by atoms with Gasteiger partial charge in [0.25, 0.3) is 11.8 Å². The van der Waals surface area contributed by atoms with Gasteiger partial charge in [-0.05, 0) is 48.5 Å². The number of alkyl halides is 16. The lowest BCUT2D eigenvalue weighted by molar-refractivity contribution is -0.556. The van der Waals surface area contributed by atoms with Crippen LogP contribution in [0.5, 0.6) is 11.5 Å². The Bertz CT molecular complexity index is 1380. The minimum absolute atomic E-state index is 0.154. The van der Waals surface area contributed by atoms with Crippen molar-refractivity contribution in [1.82, 2.24) is 9.80 Å². The van der Waals surface area contributed by atoms with Gasteiger partial charge in [-0.25, -0.2) is 8.78 Å². The number of ether oxygens (including phenoxy) is 2. The Morgan fingerprint density at radius 3 is 0.938 bits per heavy atom. The molecule has 0 aliphatic carbocycles. The molecule has 1 aliphatic heterocycles. The van der Waals surface area contributed by atoms with Gasteiger partial charge >= 0.3 is 48.1 Å². The summed E-state index contributed by atoms with van der Waals surface area (Å²) in [6.45, 7) is 0. The smallest absolute Gasteiger partial charge is 0.446 e. The van der Waals surface area contributed by atoms with Crippen LogP contribution >= 0.6 is 0 Å². The molecule has 2 amide bonds. The predicted octanol–water partition coefficient (Wildman–Crippen LogP) is 6.73. The Kier molecular flexibility index (Phi) is 9.34. The highest BCUT2D eigenvalue weighted by Crippen LogP contribution is 2.65. The van der Waals surface area contributed by atoms with Gasteiger partial charge < -0.3 is 20.1 Å². The highest BCUT2D eigenvalue weighted by Gasteiger charge is 2.96. The second-order valence-electron chi connectivity index (χ2n) is 9.44. The Hall–Kier alpha value is -4.22. The van der Waals surface area contributed by atoms with Gasteiger partial charge in [-0.1, -0.05) is 0 Å². The third-order valence-corrected chi connectivity index (χ3v) is 6.51. The van der Waals surface area contributed by atoms with Crippen LogP contribution in [0.3, 0.4) is 0 Å². The molecule has 24 heteroatoms. The highest BCUT2D eigenvalue weighted by atomic mass is 19.4. The van der Waals surface area contributed by atoms with Gasteiger partial charge in [-0.2, -0.15) is 61.5 Å².